The molecular weight excluding hydrogens is 262 g/mol. The molecule has 1 atom stereocenters. The van der Waals surface area contributed by atoms with Crippen molar-refractivity contribution in [1.82, 2.24) is 9.97 Å². The predicted molar refractivity (Wildman–Crippen MR) is 75.6 cm³/mol. The smallest absolute Gasteiger partial charge is 0.218 e. The number of ether oxygens (including phenoxy) is 1. The van der Waals surface area contributed by atoms with Crippen LogP contribution in [0.1, 0.15) is 25.0 Å². The molecule has 0 aliphatic carbocycles. The second-order valence-electron chi connectivity index (χ2n) is 4.04. The molecule has 0 aliphatic heterocycles. The van der Waals surface area contributed by atoms with Crippen molar-refractivity contribution in [1.29, 1.82) is 0 Å². The summed E-state index contributed by atoms with van der Waals surface area (Å²) in [6.45, 7) is 3.08. The SMILES string of the molecule is CCCOc1cc(NCC(O)c2ccsc2)ncn1. The zero-order valence-corrected chi connectivity index (χ0v) is 11.6. The van der Waals surface area contributed by atoms with Crippen LogP contribution in [0.3, 0.4) is 0 Å². The fraction of sp³-hybridized carbons (Fsp3) is 0.385. The highest BCUT2D eigenvalue weighted by molar-refractivity contribution is 7.07. The lowest BCUT2D eigenvalue weighted by Gasteiger charge is -2.11. The summed E-state index contributed by atoms with van der Waals surface area (Å²) in [4.78, 5) is 8.11. The second kappa shape index (κ2) is 7.06. The molecule has 1 unspecified atom stereocenters. The minimum Gasteiger partial charge on any atom is -0.478 e. The highest BCUT2D eigenvalue weighted by atomic mass is 32.1. The van der Waals surface area contributed by atoms with Gasteiger partial charge < -0.3 is 15.2 Å². The standard InChI is InChI=1S/C13H17N3O2S/c1-2-4-18-13-6-12(15-9-16-13)14-7-11(17)10-3-5-19-8-10/h3,5-6,8-9,11,17H,2,4,7H2,1H3,(H,14,15,16). The van der Waals surface area contributed by atoms with Crippen LogP contribution in [0, 0.1) is 0 Å². The zero-order chi connectivity index (χ0) is 13.5. The van der Waals surface area contributed by atoms with E-state index in [-0.39, 0.29) is 0 Å². The number of aliphatic hydroxyl groups is 1. The van der Waals surface area contributed by atoms with E-state index in [2.05, 4.69) is 15.3 Å². The third kappa shape index (κ3) is 4.18. The van der Waals surface area contributed by atoms with Gasteiger partial charge in [-0.2, -0.15) is 11.3 Å². The summed E-state index contributed by atoms with van der Waals surface area (Å²) >= 11 is 1.57. The summed E-state index contributed by atoms with van der Waals surface area (Å²) in [7, 11) is 0. The van der Waals surface area contributed by atoms with Crippen LogP contribution in [-0.4, -0.2) is 28.2 Å². The van der Waals surface area contributed by atoms with E-state index >= 15 is 0 Å². The summed E-state index contributed by atoms with van der Waals surface area (Å²) in [5.41, 5.74) is 0.911. The number of aromatic nitrogens is 2. The van der Waals surface area contributed by atoms with Crippen molar-refractivity contribution >= 4 is 17.2 Å². The average molecular weight is 279 g/mol. The molecule has 0 amide bonds. The van der Waals surface area contributed by atoms with Gasteiger partial charge in [-0.3, -0.25) is 0 Å². The van der Waals surface area contributed by atoms with Crippen molar-refractivity contribution in [2.24, 2.45) is 0 Å². The van der Waals surface area contributed by atoms with Gasteiger partial charge in [0.25, 0.3) is 0 Å². The largest absolute Gasteiger partial charge is 0.478 e. The minimum absolute atomic E-state index is 0.404. The van der Waals surface area contributed by atoms with E-state index < -0.39 is 6.10 Å². The molecule has 2 aromatic heterocycles. The third-order valence-corrected chi connectivity index (χ3v) is 3.20. The number of rotatable bonds is 7. The van der Waals surface area contributed by atoms with E-state index in [1.54, 1.807) is 17.4 Å². The fourth-order valence-corrected chi connectivity index (χ4v) is 2.21. The van der Waals surface area contributed by atoms with Crippen LogP contribution in [0.4, 0.5) is 5.82 Å². The first-order chi connectivity index (χ1) is 9.29. The van der Waals surface area contributed by atoms with Crippen LogP contribution >= 0.6 is 11.3 Å². The number of anilines is 1. The Morgan fingerprint density at radius 2 is 2.37 bits per heavy atom. The van der Waals surface area contributed by atoms with Crippen molar-refractivity contribution in [3.05, 3.63) is 34.8 Å². The van der Waals surface area contributed by atoms with Crippen LogP contribution in [0.25, 0.3) is 0 Å². The van der Waals surface area contributed by atoms with E-state index in [0.717, 1.165) is 12.0 Å². The van der Waals surface area contributed by atoms with E-state index in [1.807, 2.05) is 23.8 Å². The molecule has 0 radical (unpaired) electrons. The maximum atomic E-state index is 9.95. The van der Waals surface area contributed by atoms with Crippen LogP contribution in [0.2, 0.25) is 0 Å². The molecule has 19 heavy (non-hydrogen) atoms. The molecule has 6 heteroatoms. The van der Waals surface area contributed by atoms with Gasteiger partial charge in [-0.15, -0.1) is 0 Å². The molecule has 0 aromatic carbocycles. The van der Waals surface area contributed by atoms with Gasteiger partial charge >= 0.3 is 0 Å². The van der Waals surface area contributed by atoms with Crippen LogP contribution < -0.4 is 10.1 Å². The Morgan fingerprint density at radius 1 is 1.47 bits per heavy atom. The summed E-state index contributed by atoms with van der Waals surface area (Å²) in [5.74, 6) is 1.19. The number of aliphatic hydroxyl groups excluding tert-OH is 1. The molecule has 0 bridgehead atoms. The summed E-state index contributed by atoms with van der Waals surface area (Å²) in [6.07, 6.45) is 1.84. The molecular formula is C13H17N3O2S. The zero-order valence-electron chi connectivity index (χ0n) is 10.7. The molecule has 2 rings (SSSR count). The maximum Gasteiger partial charge on any atom is 0.218 e. The summed E-state index contributed by atoms with van der Waals surface area (Å²) in [6, 6.07) is 3.64. The van der Waals surface area contributed by atoms with Gasteiger partial charge in [0.15, 0.2) is 0 Å². The molecule has 2 heterocycles. The topological polar surface area (TPSA) is 67.3 Å². The lowest BCUT2D eigenvalue weighted by Crippen LogP contribution is -2.12. The number of hydrogen-bond acceptors (Lipinski definition) is 6. The number of hydrogen-bond donors (Lipinski definition) is 2. The Kier molecular flexibility index (Phi) is 5.11. The number of nitrogens with zero attached hydrogens (tertiary/aromatic N) is 2. The van der Waals surface area contributed by atoms with Gasteiger partial charge in [-0.05, 0) is 28.8 Å². The molecule has 0 spiro atoms. The van der Waals surface area contributed by atoms with Gasteiger partial charge in [0.1, 0.15) is 12.1 Å². The van der Waals surface area contributed by atoms with Crippen molar-refractivity contribution in [3.8, 4) is 5.88 Å². The van der Waals surface area contributed by atoms with Gasteiger partial charge in [0.05, 0.1) is 12.7 Å². The molecule has 5 nitrogen and oxygen atoms in total. The molecule has 0 fully saturated rings. The lowest BCUT2D eigenvalue weighted by molar-refractivity contribution is 0.192. The highest BCUT2D eigenvalue weighted by Gasteiger charge is 2.08. The van der Waals surface area contributed by atoms with Gasteiger partial charge in [-0.25, -0.2) is 9.97 Å². The van der Waals surface area contributed by atoms with Crippen molar-refractivity contribution in [2.45, 2.75) is 19.4 Å². The number of nitrogens with one attached hydrogen (secondary N) is 1. The second-order valence-corrected chi connectivity index (χ2v) is 4.82. The first-order valence-corrected chi connectivity index (χ1v) is 7.12. The number of thiophene rings is 1. The molecule has 2 N–H and O–H groups in total. The molecule has 0 saturated heterocycles. The average Bonchev–Trinajstić information content (AvgIpc) is 2.97. The normalized spacial score (nSPS) is 12.1. The first kappa shape index (κ1) is 13.8. The molecule has 2 aromatic rings. The molecule has 0 aliphatic rings. The van der Waals surface area contributed by atoms with Crippen molar-refractivity contribution < 1.29 is 9.84 Å². The Morgan fingerprint density at radius 3 is 3.11 bits per heavy atom. The Hall–Kier alpha value is -1.66. The van der Waals surface area contributed by atoms with Crippen LogP contribution in [0.15, 0.2) is 29.2 Å². The lowest BCUT2D eigenvalue weighted by atomic mass is 10.2. The van der Waals surface area contributed by atoms with E-state index in [9.17, 15) is 5.11 Å². The summed E-state index contributed by atoms with van der Waals surface area (Å²) in [5, 5.41) is 16.9. The van der Waals surface area contributed by atoms with E-state index in [1.165, 1.54) is 6.33 Å². The van der Waals surface area contributed by atoms with E-state index in [0.29, 0.717) is 24.8 Å². The van der Waals surface area contributed by atoms with Gasteiger partial charge in [-0.1, -0.05) is 6.92 Å². The first-order valence-electron chi connectivity index (χ1n) is 6.18. The monoisotopic (exact) mass is 279 g/mol. The van der Waals surface area contributed by atoms with Gasteiger partial charge in [0.2, 0.25) is 5.88 Å². The van der Waals surface area contributed by atoms with Gasteiger partial charge in [0, 0.05) is 12.6 Å². The Bertz CT molecular complexity index is 490. The maximum absolute atomic E-state index is 9.95. The third-order valence-electron chi connectivity index (χ3n) is 2.50. The van der Waals surface area contributed by atoms with Crippen molar-refractivity contribution in [3.63, 3.8) is 0 Å². The fourth-order valence-electron chi connectivity index (χ4n) is 1.51. The molecule has 102 valence electrons. The Balaban J connectivity index is 1.88. The van der Waals surface area contributed by atoms with Crippen LogP contribution in [-0.2, 0) is 0 Å². The Labute approximate surface area is 116 Å². The summed E-state index contributed by atoms with van der Waals surface area (Å²) < 4.78 is 5.42. The predicted octanol–water partition coefficient (Wildman–Crippen LogP) is 2.47. The van der Waals surface area contributed by atoms with E-state index in [4.69, 9.17) is 4.74 Å². The minimum atomic E-state index is -0.541. The molecule has 0 saturated carbocycles. The van der Waals surface area contributed by atoms with Crippen molar-refractivity contribution in [2.75, 3.05) is 18.5 Å². The van der Waals surface area contributed by atoms with Crippen LogP contribution in [0.5, 0.6) is 5.88 Å². The quantitative estimate of drug-likeness (QED) is 0.815. The highest BCUT2D eigenvalue weighted by Crippen LogP contribution is 2.17.